The molecule has 0 saturated carbocycles. The highest BCUT2D eigenvalue weighted by Gasteiger charge is 2.25. The second kappa shape index (κ2) is 8.91. The number of fused-ring (bicyclic) bond motifs is 1. The number of carbonyl (C=O) groups excluding carboxylic acids is 1. The number of anilines is 1. The van der Waals surface area contributed by atoms with Crippen molar-refractivity contribution in [3.05, 3.63) is 58.8 Å². The molecule has 1 aliphatic heterocycles. The van der Waals surface area contributed by atoms with Crippen molar-refractivity contribution in [1.82, 2.24) is 4.90 Å². The number of nitrogens with zero attached hydrogens (tertiary/aromatic N) is 1. The molecule has 7 nitrogen and oxygen atoms in total. The number of para-hydroxylation sites is 1. The highest BCUT2D eigenvalue weighted by atomic mass is 16.5. The summed E-state index contributed by atoms with van der Waals surface area (Å²) in [6.45, 7) is 5.52. The summed E-state index contributed by atoms with van der Waals surface area (Å²) in [5, 5.41) is 3.29. The third kappa shape index (κ3) is 4.62. The number of hydrogen-bond donors (Lipinski definition) is 1. The Kier molecular flexibility index (Phi) is 6.06. The van der Waals surface area contributed by atoms with Gasteiger partial charge in [-0.1, -0.05) is 24.3 Å². The molecule has 0 spiro atoms. The lowest BCUT2D eigenvalue weighted by molar-refractivity contribution is -0.121. The van der Waals surface area contributed by atoms with Gasteiger partial charge in [-0.15, -0.1) is 0 Å². The molecule has 1 N–H and O–H groups in total. The highest BCUT2D eigenvalue weighted by molar-refractivity contribution is 5.97. The number of nitrogens with one attached hydrogen (secondary N) is 1. The fraction of sp³-hybridized carbons (Fsp3) is 0.333. The molecule has 162 valence electrons. The maximum atomic E-state index is 13.3. The number of hydrogen-bond acceptors (Lipinski definition) is 6. The van der Waals surface area contributed by atoms with Crippen LogP contribution < -0.4 is 15.5 Å². The van der Waals surface area contributed by atoms with Gasteiger partial charge in [-0.05, 0) is 43.7 Å². The smallest absolute Gasteiger partial charge is 0.240 e. The van der Waals surface area contributed by atoms with Crippen molar-refractivity contribution >= 4 is 22.8 Å². The van der Waals surface area contributed by atoms with Crippen molar-refractivity contribution in [1.29, 1.82) is 0 Å². The van der Waals surface area contributed by atoms with E-state index < -0.39 is 0 Å². The Morgan fingerprint density at radius 2 is 1.77 bits per heavy atom. The Morgan fingerprint density at radius 1 is 1.10 bits per heavy atom. The second-order valence-electron chi connectivity index (χ2n) is 7.86. The molecule has 0 unspecified atom stereocenters. The maximum Gasteiger partial charge on any atom is 0.240 e. The van der Waals surface area contributed by atoms with Crippen LogP contribution >= 0.6 is 0 Å². The van der Waals surface area contributed by atoms with Crippen LogP contribution in [0.5, 0.6) is 5.75 Å². The molecule has 0 aliphatic carbocycles. The van der Waals surface area contributed by atoms with Gasteiger partial charge in [-0.25, -0.2) is 0 Å². The van der Waals surface area contributed by atoms with Crippen molar-refractivity contribution in [2.45, 2.75) is 26.1 Å². The molecule has 4 rings (SSSR count). The van der Waals surface area contributed by atoms with Gasteiger partial charge in [0, 0.05) is 13.1 Å². The van der Waals surface area contributed by atoms with Gasteiger partial charge in [0.05, 0.1) is 36.8 Å². The number of rotatable bonds is 5. The molecular weight excluding hydrogens is 396 g/mol. The number of morpholine rings is 1. The largest absolute Gasteiger partial charge is 0.497 e. The van der Waals surface area contributed by atoms with Crippen molar-refractivity contribution in [3.63, 3.8) is 0 Å². The van der Waals surface area contributed by atoms with Crippen LogP contribution in [0.2, 0.25) is 0 Å². The summed E-state index contributed by atoms with van der Waals surface area (Å²) in [6.07, 6.45) is 0.120. The van der Waals surface area contributed by atoms with Gasteiger partial charge < -0.3 is 13.9 Å². The minimum atomic E-state index is -0.241. The van der Waals surface area contributed by atoms with Crippen LogP contribution in [0.3, 0.4) is 0 Å². The first kappa shape index (κ1) is 21.1. The van der Waals surface area contributed by atoms with Gasteiger partial charge in [0.25, 0.3) is 0 Å². The number of methoxy groups -OCH3 is 1. The third-order valence-electron chi connectivity index (χ3n) is 5.29. The van der Waals surface area contributed by atoms with Crippen LogP contribution in [0, 0.1) is 0 Å². The SMILES string of the molecule is COc1ccc(-c2c(NC(=O)CN3C[C@H](C)O[C@@H](C)C3)oc3ccccc3c2=O)cc1. The van der Waals surface area contributed by atoms with Crippen LogP contribution in [0.1, 0.15) is 13.8 Å². The molecule has 1 aromatic heterocycles. The topological polar surface area (TPSA) is 81.0 Å². The predicted molar refractivity (Wildman–Crippen MR) is 120 cm³/mol. The Labute approximate surface area is 180 Å². The zero-order valence-corrected chi connectivity index (χ0v) is 17.9. The average molecular weight is 422 g/mol. The number of amides is 1. The fourth-order valence-corrected chi connectivity index (χ4v) is 4.03. The number of ether oxygens (including phenoxy) is 2. The molecule has 1 amide bonds. The van der Waals surface area contributed by atoms with Gasteiger partial charge >= 0.3 is 0 Å². The third-order valence-corrected chi connectivity index (χ3v) is 5.29. The van der Waals surface area contributed by atoms with Gasteiger partial charge in [-0.2, -0.15) is 0 Å². The van der Waals surface area contributed by atoms with E-state index in [4.69, 9.17) is 13.9 Å². The van der Waals surface area contributed by atoms with Crippen molar-refractivity contribution in [2.24, 2.45) is 0 Å². The van der Waals surface area contributed by atoms with E-state index in [0.717, 1.165) is 0 Å². The monoisotopic (exact) mass is 422 g/mol. The summed E-state index contributed by atoms with van der Waals surface area (Å²) in [7, 11) is 1.58. The first-order chi connectivity index (χ1) is 14.9. The van der Waals surface area contributed by atoms with E-state index in [1.807, 2.05) is 18.7 Å². The van der Waals surface area contributed by atoms with Crippen LogP contribution in [0.15, 0.2) is 57.7 Å². The number of benzene rings is 2. The Hall–Kier alpha value is -3.16. The lowest BCUT2D eigenvalue weighted by atomic mass is 10.0. The fourth-order valence-electron chi connectivity index (χ4n) is 4.03. The summed E-state index contributed by atoms with van der Waals surface area (Å²) in [4.78, 5) is 28.2. The quantitative estimate of drug-likeness (QED) is 0.678. The molecule has 7 heteroatoms. The predicted octanol–water partition coefficient (Wildman–Crippen LogP) is 3.52. The van der Waals surface area contributed by atoms with E-state index in [1.54, 1.807) is 55.6 Å². The van der Waals surface area contributed by atoms with Crippen LogP contribution in [0.25, 0.3) is 22.1 Å². The average Bonchev–Trinajstić information content (AvgIpc) is 2.73. The molecule has 2 heterocycles. The molecule has 0 bridgehead atoms. The van der Waals surface area contributed by atoms with Gasteiger partial charge in [0.2, 0.25) is 17.2 Å². The molecule has 0 radical (unpaired) electrons. The van der Waals surface area contributed by atoms with Crippen LogP contribution in [0.4, 0.5) is 5.88 Å². The van der Waals surface area contributed by atoms with Crippen molar-refractivity contribution < 1.29 is 18.7 Å². The summed E-state index contributed by atoms with van der Waals surface area (Å²) < 4.78 is 16.9. The Morgan fingerprint density at radius 3 is 2.45 bits per heavy atom. The summed E-state index contributed by atoms with van der Waals surface area (Å²) in [5.41, 5.74) is 1.19. The molecular formula is C24H26N2O5. The normalized spacial score (nSPS) is 19.3. The second-order valence-corrected chi connectivity index (χ2v) is 7.86. The van der Waals surface area contributed by atoms with E-state index >= 15 is 0 Å². The molecule has 2 atom stereocenters. The number of carbonyl (C=O) groups is 1. The zero-order valence-electron chi connectivity index (χ0n) is 17.9. The van der Waals surface area contributed by atoms with Crippen molar-refractivity contribution in [3.8, 4) is 16.9 Å². The van der Waals surface area contributed by atoms with Crippen molar-refractivity contribution in [2.75, 3.05) is 32.1 Å². The van der Waals surface area contributed by atoms with E-state index in [1.165, 1.54) is 0 Å². The van der Waals surface area contributed by atoms with E-state index in [9.17, 15) is 9.59 Å². The Bertz CT molecular complexity index is 1130. The molecule has 2 aromatic carbocycles. The Balaban J connectivity index is 1.68. The van der Waals surface area contributed by atoms with Gasteiger partial charge in [0.1, 0.15) is 11.3 Å². The lowest BCUT2D eigenvalue weighted by Gasteiger charge is -2.34. The molecule has 1 saturated heterocycles. The summed E-state index contributed by atoms with van der Waals surface area (Å²) in [6, 6.07) is 14.1. The van der Waals surface area contributed by atoms with E-state index in [2.05, 4.69) is 5.32 Å². The summed E-state index contributed by atoms with van der Waals surface area (Å²) in [5.74, 6) is 0.581. The van der Waals surface area contributed by atoms with Gasteiger partial charge in [-0.3, -0.25) is 19.8 Å². The molecule has 1 fully saturated rings. The first-order valence-electron chi connectivity index (χ1n) is 10.3. The van der Waals surface area contributed by atoms with E-state index in [0.29, 0.717) is 40.9 Å². The molecule has 31 heavy (non-hydrogen) atoms. The molecule has 1 aliphatic rings. The summed E-state index contributed by atoms with van der Waals surface area (Å²) >= 11 is 0. The minimum Gasteiger partial charge on any atom is -0.497 e. The zero-order chi connectivity index (χ0) is 22.0. The minimum absolute atomic E-state index is 0.0602. The maximum absolute atomic E-state index is 13.3. The molecule has 3 aromatic rings. The standard InChI is InChI=1S/C24H26N2O5/c1-15-12-26(13-16(2)30-15)14-21(27)25-24-22(17-8-10-18(29-3)11-9-17)23(28)19-6-4-5-7-20(19)31-24/h4-11,15-16H,12-14H2,1-3H3,(H,25,27)/t15-,16-/m0/s1. The first-order valence-corrected chi connectivity index (χ1v) is 10.3. The van der Waals surface area contributed by atoms with E-state index in [-0.39, 0.29) is 36.0 Å². The van der Waals surface area contributed by atoms with Gasteiger partial charge in [0.15, 0.2) is 0 Å². The van der Waals surface area contributed by atoms with Crippen LogP contribution in [-0.4, -0.2) is 49.8 Å². The highest BCUT2D eigenvalue weighted by Crippen LogP contribution is 2.30. The van der Waals surface area contributed by atoms with Crippen LogP contribution in [-0.2, 0) is 9.53 Å². The lowest BCUT2D eigenvalue weighted by Crippen LogP contribution is -2.48.